The van der Waals surface area contributed by atoms with Gasteiger partial charge in [-0.1, -0.05) is 18.6 Å². The van der Waals surface area contributed by atoms with E-state index in [1.165, 1.54) is 6.92 Å². The maximum atomic E-state index is 11.8. The minimum Gasteiger partial charge on any atom is -0.507 e. The second-order valence-electron chi connectivity index (χ2n) is 10.3. The molecule has 1 saturated heterocycles. The quantitative estimate of drug-likeness (QED) is 0.417. The van der Waals surface area contributed by atoms with Gasteiger partial charge in [0, 0.05) is 37.1 Å². The van der Waals surface area contributed by atoms with Gasteiger partial charge in [-0.25, -0.2) is 0 Å². The van der Waals surface area contributed by atoms with Gasteiger partial charge in [0.1, 0.15) is 17.6 Å². The van der Waals surface area contributed by atoms with Crippen LogP contribution in [0, 0.1) is 0 Å². The number of aliphatic hydroxyl groups excluding tert-OH is 1. The molecule has 0 saturated carbocycles. The van der Waals surface area contributed by atoms with Crippen LogP contribution in [0.3, 0.4) is 0 Å². The molecular formula is C30H41NO7. The Hall–Kier alpha value is -3.10. The Labute approximate surface area is 225 Å². The summed E-state index contributed by atoms with van der Waals surface area (Å²) in [4.78, 5) is 20.8. The first-order valence-corrected chi connectivity index (χ1v) is 13.4. The molecule has 8 heteroatoms. The van der Waals surface area contributed by atoms with Crippen molar-refractivity contribution in [2.24, 2.45) is 0 Å². The number of aliphatic hydroxyl groups is 1. The van der Waals surface area contributed by atoms with Crippen molar-refractivity contribution < 1.29 is 34.4 Å². The first kappa shape index (κ1) is 29.5. The molecule has 2 aliphatic rings. The third-order valence-corrected chi connectivity index (χ3v) is 7.15. The summed E-state index contributed by atoms with van der Waals surface area (Å²) in [7, 11) is 1.63. The van der Waals surface area contributed by atoms with Crippen molar-refractivity contribution >= 4 is 11.9 Å². The first-order valence-electron chi connectivity index (χ1n) is 13.4. The van der Waals surface area contributed by atoms with Crippen molar-refractivity contribution in [3.05, 3.63) is 47.5 Å². The number of piperidine rings is 1. The van der Waals surface area contributed by atoms with Crippen LogP contribution in [0.2, 0.25) is 0 Å². The first-order chi connectivity index (χ1) is 18.1. The number of rotatable bonds is 2. The number of esters is 1. The summed E-state index contributed by atoms with van der Waals surface area (Å²) < 4.78 is 11.3. The molecular weight excluding hydrogens is 486 g/mol. The Morgan fingerprint density at radius 1 is 0.895 bits per heavy atom. The predicted octanol–water partition coefficient (Wildman–Crippen LogP) is 4.62. The van der Waals surface area contributed by atoms with Gasteiger partial charge >= 0.3 is 5.97 Å². The number of carbonyl (C=O) groups excluding carboxylic acids is 1. The highest BCUT2D eigenvalue weighted by Crippen LogP contribution is 2.38. The average Bonchev–Trinajstić information content (AvgIpc) is 2.86. The molecule has 38 heavy (non-hydrogen) atoms. The zero-order valence-corrected chi connectivity index (χ0v) is 22.6. The van der Waals surface area contributed by atoms with Gasteiger partial charge in [-0.3, -0.25) is 9.59 Å². The zero-order valence-electron chi connectivity index (χ0n) is 22.6. The highest BCUT2D eigenvalue weighted by molar-refractivity contribution is 5.76. The molecule has 0 spiro atoms. The van der Waals surface area contributed by atoms with Gasteiger partial charge in [0.25, 0.3) is 5.97 Å². The van der Waals surface area contributed by atoms with E-state index in [4.69, 9.17) is 19.4 Å². The van der Waals surface area contributed by atoms with E-state index in [0.29, 0.717) is 18.6 Å². The normalized spacial score (nSPS) is 23.7. The summed E-state index contributed by atoms with van der Waals surface area (Å²) in [5, 5.41) is 32.5. The molecule has 2 aromatic rings. The number of ether oxygens (including phenoxy) is 2. The van der Waals surface area contributed by atoms with Crippen molar-refractivity contribution in [1.29, 1.82) is 0 Å². The molecule has 4 atom stereocenters. The molecule has 0 aromatic heterocycles. The number of carboxylic acid groups (broad SMARTS) is 1. The molecule has 2 aliphatic heterocycles. The number of fused-ring (bicyclic) bond motifs is 7. The van der Waals surface area contributed by atoms with Crippen molar-refractivity contribution in [2.75, 3.05) is 7.11 Å². The van der Waals surface area contributed by atoms with Crippen LogP contribution in [0.5, 0.6) is 11.5 Å². The number of aromatic hydroxyl groups is 1. The van der Waals surface area contributed by atoms with E-state index >= 15 is 0 Å². The monoisotopic (exact) mass is 527 g/mol. The topological polar surface area (TPSA) is 125 Å². The van der Waals surface area contributed by atoms with Gasteiger partial charge in [0.05, 0.1) is 13.2 Å². The molecule has 4 unspecified atom stereocenters. The van der Waals surface area contributed by atoms with Gasteiger partial charge in [0.15, 0.2) is 0 Å². The Morgan fingerprint density at radius 2 is 1.50 bits per heavy atom. The molecule has 0 aliphatic carbocycles. The predicted molar refractivity (Wildman–Crippen MR) is 145 cm³/mol. The largest absolute Gasteiger partial charge is 0.507 e. The summed E-state index contributed by atoms with van der Waals surface area (Å²) in [6.07, 6.45) is 7.04. The smallest absolute Gasteiger partial charge is 0.302 e. The maximum absolute atomic E-state index is 11.8. The number of phenols is 1. The van der Waals surface area contributed by atoms with E-state index < -0.39 is 12.1 Å². The fourth-order valence-corrected chi connectivity index (χ4v) is 5.44. The third-order valence-electron chi connectivity index (χ3n) is 7.15. The number of phenolic OH excluding ortho intramolecular Hbond substituents is 1. The van der Waals surface area contributed by atoms with Crippen LogP contribution >= 0.6 is 0 Å². The fraction of sp³-hybridized carbons (Fsp3) is 0.533. The summed E-state index contributed by atoms with van der Waals surface area (Å²) >= 11 is 0. The van der Waals surface area contributed by atoms with Crippen LogP contribution < -0.4 is 10.1 Å². The van der Waals surface area contributed by atoms with Crippen molar-refractivity contribution in [2.45, 2.75) is 95.9 Å². The number of carbonyl (C=O) groups is 2. The Balaban J connectivity index is 0.000000934. The number of aliphatic carboxylic acids is 1. The van der Waals surface area contributed by atoms with Crippen LogP contribution in [-0.2, 0) is 27.2 Å². The highest BCUT2D eigenvalue weighted by Gasteiger charge is 2.27. The maximum Gasteiger partial charge on any atom is 0.302 e. The lowest BCUT2D eigenvalue weighted by Gasteiger charge is -2.34. The fourth-order valence-electron chi connectivity index (χ4n) is 5.44. The van der Waals surface area contributed by atoms with Crippen molar-refractivity contribution in [1.82, 2.24) is 5.32 Å². The van der Waals surface area contributed by atoms with Gasteiger partial charge in [0.2, 0.25) is 0 Å². The van der Waals surface area contributed by atoms with Crippen LogP contribution in [0.1, 0.15) is 69.9 Å². The van der Waals surface area contributed by atoms with E-state index in [0.717, 1.165) is 74.1 Å². The second-order valence-corrected chi connectivity index (χ2v) is 10.3. The minimum atomic E-state index is -0.833. The Morgan fingerprint density at radius 3 is 2.16 bits per heavy atom. The van der Waals surface area contributed by atoms with E-state index in [2.05, 4.69) is 11.4 Å². The van der Waals surface area contributed by atoms with Gasteiger partial charge in [-0.05, 0) is 86.8 Å². The zero-order chi connectivity index (χ0) is 27.7. The van der Waals surface area contributed by atoms with Gasteiger partial charge < -0.3 is 30.1 Å². The summed E-state index contributed by atoms with van der Waals surface area (Å²) in [5.74, 6) is -0.187. The van der Waals surface area contributed by atoms with Crippen LogP contribution in [0.25, 0.3) is 11.1 Å². The number of methoxy groups -OCH3 is 1. The van der Waals surface area contributed by atoms with E-state index in [9.17, 15) is 15.0 Å². The Bertz CT molecular complexity index is 1080. The second kappa shape index (κ2) is 14.2. The molecule has 2 heterocycles. The molecule has 4 rings (SSSR count). The number of hydrogen-bond acceptors (Lipinski definition) is 7. The van der Waals surface area contributed by atoms with Crippen LogP contribution in [0.15, 0.2) is 36.4 Å². The van der Waals surface area contributed by atoms with Crippen LogP contribution in [0.4, 0.5) is 0 Å². The molecule has 0 amide bonds. The molecule has 0 radical (unpaired) electrons. The Kier molecular flexibility index (Phi) is 11.0. The lowest BCUT2D eigenvalue weighted by Crippen LogP contribution is -2.45. The number of carboxylic acids is 1. The van der Waals surface area contributed by atoms with Crippen LogP contribution in [-0.4, -0.2) is 58.7 Å². The molecule has 2 aromatic carbocycles. The third kappa shape index (κ3) is 9.03. The number of benzene rings is 2. The molecule has 4 N–H and O–H groups in total. The minimum absolute atomic E-state index is 0.170. The molecule has 8 nitrogen and oxygen atoms in total. The summed E-state index contributed by atoms with van der Waals surface area (Å²) in [6.45, 7) is 2.55. The number of nitrogens with one attached hydrogen (secondary N) is 1. The van der Waals surface area contributed by atoms with Crippen molar-refractivity contribution in [3.8, 4) is 22.6 Å². The van der Waals surface area contributed by atoms with E-state index in [-0.39, 0.29) is 29.9 Å². The average molecular weight is 528 g/mol. The SMILES string of the molecule is CC(=O)O.COc1ccc2cc1-c1cc(ccc1O)CCC(O)CC1CCCC(CC(OC(C)=O)CC2)N1. The number of hydrogen-bond donors (Lipinski definition) is 4. The molecule has 6 bridgehead atoms. The lowest BCUT2D eigenvalue weighted by molar-refractivity contribution is -0.147. The summed E-state index contributed by atoms with van der Waals surface area (Å²) in [5.41, 5.74) is 3.75. The lowest BCUT2D eigenvalue weighted by atomic mass is 9.90. The number of aryl methyl sites for hydroxylation is 2. The standard InChI is InChI=1S/C28H37NO5.C2H4O2/c1-18(30)34-24-11-7-20-9-13-28(33-2)26(15-20)25-14-19(8-12-27(25)32)6-10-23(31)16-21-4-3-5-22(17-24)29-21;1-2(3)4/h8-9,12-15,21-24,29,31-32H,3-7,10-11,16-17H2,1-2H3;1H3,(H,3,4). The molecule has 208 valence electrons. The van der Waals surface area contributed by atoms with Gasteiger partial charge in [-0.15, -0.1) is 0 Å². The van der Waals surface area contributed by atoms with Gasteiger partial charge in [-0.2, -0.15) is 0 Å². The van der Waals surface area contributed by atoms with Crippen molar-refractivity contribution in [3.63, 3.8) is 0 Å². The summed E-state index contributed by atoms with van der Waals surface area (Å²) in [6, 6.07) is 12.2. The molecule has 1 fully saturated rings. The van der Waals surface area contributed by atoms with E-state index in [1.54, 1.807) is 13.2 Å². The highest BCUT2D eigenvalue weighted by atomic mass is 16.5. The van der Waals surface area contributed by atoms with E-state index in [1.807, 2.05) is 24.3 Å².